The maximum Gasteiger partial charge on any atom is 0.261 e. The Morgan fingerprint density at radius 3 is 1.57 bits per heavy atom. The van der Waals surface area contributed by atoms with Crippen molar-refractivity contribution in [3.05, 3.63) is 70.8 Å². The average molecular weight is 506 g/mol. The number of hydrogen-bond donors (Lipinski definition) is 0. The van der Waals surface area contributed by atoms with E-state index < -0.39 is 0 Å². The van der Waals surface area contributed by atoms with Crippen LogP contribution in [0.15, 0.2) is 48.5 Å². The molecule has 0 aliphatic heterocycles. The van der Waals surface area contributed by atoms with E-state index in [2.05, 4.69) is 6.92 Å². The van der Waals surface area contributed by atoms with Gasteiger partial charge >= 0.3 is 0 Å². The molecule has 0 spiro atoms. The molecule has 0 fully saturated rings. The van der Waals surface area contributed by atoms with Gasteiger partial charge in [0, 0.05) is 17.7 Å². The fourth-order valence-corrected chi connectivity index (χ4v) is 4.98. The molecule has 2 aromatic carbocycles. The van der Waals surface area contributed by atoms with Gasteiger partial charge in [0.25, 0.3) is 11.8 Å². The van der Waals surface area contributed by atoms with Gasteiger partial charge in [-0.05, 0) is 49.6 Å². The fourth-order valence-electron chi connectivity index (χ4n) is 4.98. The van der Waals surface area contributed by atoms with Crippen molar-refractivity contribution in [2.45, 2.75) is 124 Å². The summed E-state index contributed by atoms with van der Waals surface area (Å²) in [4.78, 5) is 28.1. The Morgan fingerprint density at radius 2 is 1.05 bits per heavy atom. The first-order chi connectivity index (χ1) is 18.1. The summed E-state index contributed by atoms with van der Waals surface area (Å²) < 4.78 is 0. The van der Waals surface area contributed by atoms with Gasteiger partial charge in [0.05, 0.1) is 0 Å². The number of rotatable bonds is 19. The summed E-state index contributed by atoms with van der Waals surface area (Å²) in [6.45, 7) is 6.71. The first-order valence-corrected chi connectivity index (χ1v) is 15.0. The molecule has 0 atom stereocenters. The van der Waals surface area contributed by atoms with Gasteiger partial charge in [0.2, 0.25) is 0 Å². The van der Waals surface area contributed by atoms with Crippen molar-refractivity contribution >= 4 is 11.8 Å². The minimum atomic E-state index is -0.201. The summed E-state index contributed by atoms with van der Waals surface area (Å²) in [5.41, 5.74) is 3.21. The lowest BCUT2D eigenvalue weighted by Crippen LogP contribution is -2.38. The summed E-state index contributed by atoms with van der Waals surface area (Å²) >= 11 is 0. The molecule has 0 aliphatic carbocycles. The lowest BCUT2D eigenvalue weighted by atomic mass is 10.0. The second-order valence-corrected chi connectivity index (χ2v) is 10.7. The molecule has 3 nitrogen and oxygen atoms in total. The minimum absolute atomic E-state index is 0.184. The number of carbonyl (C=O) groups excluding carboxylic acids is 2. The van der Waals surface area contributed by atoms with Crippen LogP contribution in [0.1, 0.15) is 141 Å². The highest BCUT2D eigenvalue weighted by Gasteiger charge is 2.25. The fraction of sp³-hybridized carbons (Fsp3) is 0.588. The van der Waals surface area contributed by atoms with Crippen LogP contribution >= 0.6 is 0 Å². The summed E-state index contributed by atoms with van der Waals surface area (Å²) in [5, 5.41) is 0. The number of carbonyl (C=O) groups is 2. The van der Waals surface area contributed by atoms with Crippen molar-refractivity contribution < 1.29 is 9.59 Å². The zero-order chi connectivity index (χ0) is 26.7. The Morgan fingerprint density at radius 1 is 0.568 bits per heavy atom. The Hall–Kier alpha value is -2.42. The van der Waals surface area contributed by atoms with Gasteiger partial charge < -0.3 is 0 Å². The lowest BCUT2D eigenvalue weighted by molar-refractivity contribution is 0.0612. The van der Waals surface area contributed by atoms with Crippen LogP contribution in [0.3, 0.4) is 0 Å². The molecule has 2 aromatic rings. The van der Waals surface area contributed by atoms with Crippen LogP contribution in [0.2, 0.25) is 0 Å². The van der Waals surface area contributed by atoms with Gasteiger partial charge in [-0.1, -0.05) is 134 Å². The third-order valence-corrected chi connectivity index (χ3v) is 7.58. The van der Waals surface area contributed by atoms with Crippen LogP contribution < -0.4 is 0 Å². The molecule has 3 heteroatoms. The zero-order valence-corrected chi connectivity index (χ0v) is 23.9. The Kier molecular flexibility index (Phi) is 15.6. The molecule has 2 rings (SSSR count). The first kappa shape index (κ1) is 30.8. The lowest BCUT2D eigenvalue weighted by Gasteiger charge is -2.22. The number of unbranched alkanes of at least 4 members (excludes halogenated alkanes) is 15. The van der Waals surface area contributed by atoms with Crippen LogP contribution in [-0.2, 0) is 0 Å². The SMILES string of the molecule is CCCCCCCCCCCCCCCCCCN(C(=O)c1ccccc1)C(=O)c1cccc(C)c1C. The summed E-state index contributed by atoms with van der Waals surface area (Å²) in [6, 6.07) is 14.9. The summed E-state index contributed by atoms with van der Waals surface area (Å²) in [7, 11) is 0. The van der Waals surface area contributed by atoms with E-state index in [4.69, 9.17) is 0 Å². The van der Waals surface area contributed by atoms with Crippen LogP contribution in [0, 0.1) is 13.8 Å². The molecular formula is C34H51NO2. The Bertz CT molecular complexity index is 905. The van der Waals surface area contributed by atoms with E-state index in [0.29, 0.717) is 17.7 Å². The van der Waals surface area contributed by atoms with E-state index in [9.17, 15) is 9.59 Å². The Labute approximate surface area is 227 Å². The molecule has 0 bridgehead atoms. The maximum atomic E-state index is 13.4. The zero-order valence-electron chi connectivity index (χ0n) is 23.9. The predicted molar refractivity (Wildman–Crippen MR) is 157 cm³/mol. The second-order valence-electron chi connectivity index (χ2n) is 10.7. The molecule has 0 unspecified atom stereocenters. The molecular weight excluding hydrogens is 454 g/mol. The van der Waals surface area contributed by atoms with Crippen LogP contribution in [0.5, 0.6) is 0 Å². The molecule has 2 amide bonds. The monoisotopic (exact) mass is 505 g/mol. The smallest absolute Gasteiger partial charge is 0.261 e. The molecule has 0 saturated heterocycles. The first-order valence-electron chi connectivity index (χ1n) is 15.0. The maximum absolute atomic E-state index is 13.4. The van der Waals surface area contributed by atoms with Crippen molar-refractivity contribution in [3.63, 3.8) is 0 Å². The van der Waals surface area contributed by atoms with Crippen molar-refractivity contribution in [1.29, 1.82) is 0 Å². The molecule has 0 radical (unpaired) electrons. The Balaban J connectivity index is 1.67. The molecule has 0 aromatic heterocycles. The molecule has 0 heterocycles. The third-order valence-electron chi connectivity index (χ3n) is 7.58. The topological polar surface area (TPSA) is 37.4 Å². The highest BCUT2D eigenvalue weighted by atomic mass is 16.2. The van der Waals surface area contributed by atoms with Gasteiger partial charge in [-0.25, -0.2) is 0 Å². The van der Waals surface area contributed by atoms with Gasteiger partial charge in [-0.3, -0.25) is 14.5 Å². The molecule has 0 aliphatic rings. The van der Waals surface area contributed by atoms with Gasteiger partial charge in [0.1, 0.15) is 0 Å². The van der Waals surface area contributed by atoms with E-state index in [1.165, 1.54) is 94.8 Å². The van der Waals surface area contributed by atoms with Crippen molar-refractivity contribution in [2.75, 3.05) is 6.54 Å². The predicted octanol–water partition coefficient (Wildman–Crippen LogP) is 9.85. The second kappa shape index (κ2) is 18.8. The van der Waals surface area contributed by atoms with Gasteiger partial charge in [-0.15, -0.1) is 0 Å². The summed E-state index contributed by atoms with van der Waals surface area (Å²) in [5.74, 6) is -0.386. The van der Waals surface area contributed by atoms with Gasteiger partial charge in [-0.2, -0.15) is 0 Å². The molecule has 37 heavy (non-hydrogen) atoms. The normalized spacial score (nSPS) is 11.0. The van der Waals surface area contributed by atoms with Crippen molar-refractivity contribution in [2.24, 2.45) is 0 Å². The third kappa shape index (κ3) is 11.7. The largest absolute Gasteiger partial charge is 0.274 e. The quantitative estimate of drug-likeness (QED) is 0.141. The average Bonchev–Trinajstić information content (AvgIpc) is 2.92. The van der Waals surface area contributed by atoms with E-state index in [-0.39, 0.29) is 11.8 Å². The summed E-state index contributed by atoms with van der Waals surface area (Å²) in [6.07, 6.45) is 20.9. The van der Waals surface area contributed by atoms with E-state index >= 15 is 0 Å². The van der Waals surface area contributed by atoms with Crippen LogP contribution in [0.4, 0.5) is 0 Å². The van der Waals surface area contributed by atoms with Gasteiger partial charge in [0.15, 0.2) is 0 Å². The number of imide groups is 1. The number of nitrogens with zero attached hydrogens (tertiary/aromatic N) is 1. The minimum Gasteiger partial charge on any atom is -0.274 e. The highest BCUT2D eigenvalue weighted by Crippen LogP contribution is 2.19. The molecule has 204 valence electrons. The standard InChI is InChI=1S/C34H51NO2/c1-4-5-6-7-8-9-10-11-12-13-14-15-16-17-18-22-28-35(33(36)31-25-20-19-21-26-31)34(37)32-27-23-24-29(2)30(32)3/h19-21,23-27H,4-18,22,28H2,1-3H3. The number of aryl methyl sites for hydroxylation is 1. The van der Waals surface area contributed by atoms with Crippen LogP contribution in [0.25, 0.3) is 0 Å². The van der Waals surface area contributed by atoms with Crippen LogP contribution in [-0.4, -0.2) is 23.3 Å². The molecule has 0 saturated carbocycles. The van der Waals surface area contributed by atoms with E-state index in [0.717, 1.165) is 24.0 Å². The van der Waals surface area contributed by atoms with Crippen molar-refractivity contribution in [1.82, 2.24) is 4.90 Å². The number of benzene rings is 2. The molecule has 0 N–H and O–H groups in total. The number of amides is 2. The van der Waals surface area contributed by atoms with E-state index in [1.807, 2.05) is 50.2 Å². The highest BCUT2D eigenvalue weighted by molar-refractivity contribution is 6.10. The van der Waals surface area contributed by atoms with Crippen molar-refractivity contribution in [3.8, 4) is 0 Å². The van der Waals surface area contributed by atoms with E-state index in [1.54, 1.807) is 12.1 Å². The number of hydrogen-bond acceptors (Lipinski definition) is 2.